The van der Waals surface area contributed by atoms with Gasteiger partial charge in [-0.3, -0.25) is 4.79 Å². The van der Waals surface area contributed by atoms with Gasteiger partial charge in [-0.15, -0.1) is 0 Å². The third-order valence-corrected chi connectivity index (χ3v) is 2.88. The van der Waals surface area contributed by atoms with Gasteiger partial charge in [0.05, 0.1) is 6.42 Å². The zero-order chi connectivity index (χ0) is 14.3. The summed E-state index contributed by atoms with van der Waals surface area (Å²) in [4.78, 5) is 13.9. The lowest BCUT2D eigenvalue weighted by atomic mass is 10.00. The standard InChI is InChI=1S/C16H26N2O/c1-13(2)10-14-6-5-7-15(11-14)12-16(19)17-8-9-18(3)4/h5-7,11,13H,8-10,12H2,1-4H3,(H,17,19). The highest BCUT2D eigenvalue weighted by molar-refractivity contribution is 5.78. The summed E-state index contributed by atoms with van der Waals surface area (Å²) in [5, 5.41) is 2.94. The maximum absolute atomic E-state index is 11.8. The molecular formula is C16H26N2O. The Hall–Kier alpha value is -1.35. The Balaban J connectivity index is 2.45. The van der Waals surface area contributed by atoms with E-state index in [2.05, 4.69) is 36.2 Å². The monoisotopic (exact) mass is 262 g/mol. The van der Waals surface area contributed by atoms with Gasteiger partial charge in [0.15, 0.2) is 0 Å². The molecule has 1 aromatic carbocycles. The predicted octanol–water partition coefficient (Wildman–Crippen LogP) is 2.11. The smallest absolute Gasteiger partial charge is 0.224 e. The fourth-order valence-electron chi connectivity index (χ4n) is 2.00. The molecule has 0 fully saturated rings. The fraction of sp³-hybridized carbons (Fsp3) is 0.562. The van der Waals surface area contributed by atoms with E-state index in [0.717, 1.165) is 18.5 Å². The van der Waals surface area contributed by atoms with Crippen LogP contribution in [0.2, 0.25) is 0 Å². The summed E-state index contributed by atoms with van der Waals surface area (Å²) >= 11 is 0. The number of nitrogens with zero attached hydrogens (tertiary/aromatic N) is 1. The zero-order valence-electron chi connectivity index (χ0n) is 12.6. The van der Waals surface area contributed by atoms with Gasteiger partial charge in [-0.05, 0) is 37.6 Å². The molecule has 0 radical (unpaired) electrons. The van der Waals surface area contributed by atoms with Crippen molar-refractivity contribution in [1.29, 1.82) is 0 Å². The minimum atomic E-state index is 0.101. The first-order valence-electron chi connectivity index (χ1n) is 6.96. The first kappa shape index (κ1) is 15.7. The number of carbonyl (C=O) groups is 1. The van der Waals surface area contributed by atoms with Crippen LogP contribution in [0.5, 0.6) is 0 Å². The van der Waals surface area contributed by atoms with Gasteiger partial charge in [-0.2, -0.15) is 0 Å². The molecule has 0 atom stereocenters. The highest BCUT2D eigenvalue weighted by atomic mass is 16.1. The van der Waals surface area contributed by atoms with Gasteiger partial charge < -0.3 is 10.2 Å². The van der Waals surface area contributed by atoms with Crippen molar-refractivity contribution >= 4 is 5.91 Å². The van der Waals surface area contributed by atoms with E-state index in [1.807, 2.05) is 26.2 Å². The van der Waals surface area contributed by atoms with Crippen LogP contribution < -0.4 is 5.32 Å². The number of benzene rings is 1. The van der Waals surface area contributed by atoms with Crippen molar-refractivity contribution in [3.63, 3.8) is 0 Å². The number of hydrogen-bond donors (Lipinski definition) is 1. The Labute approximate surface area is 117 Å². The lowest BCUT2D eigenvalue weighted by Gasteiger charge is -2.11. The Morgan fingerprint density at radius 2 is 1.95 bits per heavy atom. The molecule has 3 nitrogen and oxygen atoms in total. The molecule has 0 spiro atoms. The first-order chi connectivity index (χ1) is 8.97. The summed E-state index contributed by atoms with van der Waals surface area (Å²) in [7, 11) is 4.00. The van der Waals surface area contributed by atoms with E-state index in [1.54, 1.807) is 0 Å². The second-order valence-electron chi connectivity index (χ2n) is 5.75. The molecule has 1 aromatic rings. The van der Waals surface area contributed by atoms with Crippen molar-refractivity contribution in [3.8, 4) is 0 Å². The minimum absolute atomic E-state index is 0.101. The minimum Gasteiger partial charge on any atom is -0.355 e. The predicted molar refractivity (Wildman–Crippen MR) is 80.3 cm³/mol. The third-order valence-electron chi connectivity index (χ3n) is 2.88. The maximum Gasteiger partial charge on any atom is 0.224 e. The molecule has 106 valence electrons. The molecular weight excluding hydrogens is 236 g/mol. The number of hydrogen-bond acceptors (Lipinski definition) is 2. The van der Waals surface area contributed by atoms with Crippen LogP contribution in [0.25, 0.3) is 0 Å². The largest absolute Gasteiger partial charge is 0.355 e. The molecule has 1 N–H and O–H groups in total. The van der Waals surface area contributed by atoms with Gasteiger partial charge in [0.1, 0.15) is 0 Å². The maximum atomic E-state index is 11.8. The number of rotatable bonds is 7. The summed E-state index contributed by atoms with van der Waals surface area (Å²) < 4.78 is 0. The highest BCUT2D eigenvalue weighted by Crippen LogP contribution is 2.11. The summed E-state index contributed by atoms with van der Waals surface area (Å²) in [5.41, 5.74) is 2.41. The van der Waals surface area contributed by atoms with Crippen LogP contribution in [0, 0.1) is 5.92 Å². The van der Waals surface area contributed by atoms with E-state index in [0.29, 0.717) is 18.9 Å². The number of nitrogens with one attached hydrogen (secondary N) is 1. The lowest BCUT2D eigenvalue weighted by molar-refractivity contribution is -0.120. The van der Waals surface area contributed by atoms with E-state index in [9.17, 15) is 4.79 Å². The summed E-state index contributed by atoms with van der Waals surface area (Å²) in [6, 6.07) is 8.34. The van der Waals surface area contributed by atoms with Crippen LogP contribution in [-0.4, -0.2) is 38.0 Å². The normalized spacial score (nSPS) is 11.1. The molecule has 0 aliphatic rings. The molecule has 0 aliphatic heterocycles. The molecule has 0 bridgehead atoms. The molecule has 0 aromatic heterocycles. The van der Waals surface area contributed by atoms with Gasteiger partial charge in [0.2, 0.25) is 5.91 Å². The average Bonchev–Trinajstić information content (AvgIpc) is 2.27. The molecule has 0 unspecified atom stereocenters. The SMILES string of the molecule is CC(C)Cc1cccc(CC(=O)NCCN(C)C)c1. The van der Waals surface area contributed by atoms with E-state index < -0.39 is 0 Å². The Morgan fingerprint density at radius 3 is 2.58 bits per heavy atom. The van der Waals surface area contributed by atoms with Crippen molar-refractivity contribution < 1.29 is 4.79 Å². The van der Waals surface area contributed by atoms with Crippen molar-refractivity contribution in [2.75, 3.05) is 27.2 Å². The van der Waals surface area contributed by atoms with Gasteiger partial charge in [-0.1, -0.05) is 38.1 Å². The van der Waals surface area contributed by atoms with Crippen molar-refractivity contribution in [1.82, 2.24) is 10.2 Å². The third kappa shape index (κ3) is 6.97. The molecule has 0 saturated heterocycles. The van der Waals surface area contributed by atoms with E-state index in [1.165, 1.54) is 5.56 Å². The molecule has 19 heavy (non-hydrogen) atoms. The fourth-order valence-corrected chi connectivity index (χ4v) is 2.00. The zero-order valence-corrected chi connectivity index (χ0v) is 12.6. The molecule has 3 heteroatoms. The molecule has 0 saturated carbocycles. The van der Waals surface area contributed by atoms with E-state index >= 15 is 0 Å². The summed E-state index contributed by atoms with van der Waals surface area (Å²) in [6.07, 6.45) is 1.54. The van der Waals surface area contributed by atoms with Gasteiger partial charge >= 0.3 is 0 Å². The number of amides is 1. The van der Waals surface area contributed by atoms with Crippen LogP contribution in [0.15, 0.2) is 24.3 Å². The van der Waals surface area contributed by atoms with E-state index in [-0.39, 0.29) is 5.91 Å². The van der Waals surface area contributed by atoms with Crippen LogP contribution >= 0.6 is 0 Å². The van der Waals surface area contributed by atoms with Gasteiger partial charge in [0.25, 0.3) is 0 Å². The second kappa shape index (κ2) is 7.95. The molecule has 0 heterocycles. The number of carbonyl (C=O) groups excluding carboxylic acids is 1. The Kier molecular flexibility index (Phi) is 6.57. The first-order valence-corrected chi connectivity index (χ1v) is 6.96. The van der Waals surface area contributed by atoms with Crippen molar-refractivity contribution in [2.45, 2.75) is 26.7 Å². The van der Waals surface area contributed by atoms with Gasteiger partial charge in [-0.25, -0.2) is 0 Å². The molecule has 1 rings (SSSR count). The summed E-state index contributed by atoms with van der Waals surface area (Å²) in [6.45, 7) is 6.00. The topological polar surface area (TPSA) is 32.3 Å². The Bertz CT molecular complexity index is 399. The molecule has 0 aliphatic carbocycles. The van der Waals surface area contributed by atoms with Gasteiger partial charge in [0, 0.05) is 13.1 Å². The second-order valence-corrected chi connectivity index (χ2v) is 5.75. The lowest BCUT2D eigenvalue weighted by Crippen LogP contribution is -2.32. The highest BCUT2D eigenvalue weighted by Gasteiger charge is 2.04. The Morgan fingerprint density at radius 1 is 1.26 bits per heavy atom. The quantitative estimate of drug-likeness (QED) is 0.816. The van der Waals surface area contributed by atoms with E-state index in [4.69, 9.17) is 0 Å². The van der Waals surface area contributed by atoms with Crippen molar-refractivity contribution in [3.05, 3.63) is 35.4 Å². The summed E-state index contributed by atoms with van der Waals surface area (Å²) in [5.74, 6) is 0.743. The molecule has 1 amide bonds. The van der Waals surface area contributed by atoms with Crippen LogP contribution in [0.3, 0.4) is 0 Å². The number of likely N-dealkylation sites (N-methyl/N-ethyl adjacent to an activating group) is 1. The van der Waals surface area contributed by atoms with Crippen molar-refractivity contribution in [2.24, 2.45) is 5.92 Å². The average molecular weight is 262 g/mol. The van der Waals surface area contributed by atoms with Crippen LogP contribution in [0.1, 0.15) is 25.0 Å². The van der Waals surface area contributed by atoms with Crippen LogP contribution in [0.4, 0.5) is 0 Å². The van der Waals surface area contributed by atoms with Crippen LogP contribution in [-0.2, 0) is 17.6 Å².